The van der Waals surface area contributed by atoms with E-state index in [1.807, 2.05) is 0 Å². The third-order valence-electron chi connectivity index (χ3n) is 4.99. The van der Waals surface area contributed by atoms with Crippen LogP contribution in [0.15, 0.2) is 0 Å². The molecule has 4 bridgehead atoms. The summed E-state index contributed by atoms with van der Waals surface area (Å²) in [6, 6.07) is 0. The highest BCUT2D eigenvalue weighted by molar-refractivity contribution is 5.80. The molecule has 0 aromatic carbocycles. The molecule has 0 radical (unpaired) electrons. The van der Waals surface area contributed by atoms with Crippen molar-refractivity contribution in [3.8, 4) is 0 Å². The molecular weight excluding hydrogens is 298 g/mol. The van der Waals surface area contributed by atoms with E-state index >= 15 is 0 Å². The predicted molar refractivity (Wildman–Crippen MR) is 70.0 cm³/mol. The summed E-state index contributed by atoms with van der Waals surface area (Å²) in [5.41, 5.74) is -1.51. The van der Waals surface area contributed by atoms with E-state index in [9.17, 15) is 23.5 Å². The van der Waals surface area contributed by atoms with Crippen LogP contribution in [-0.4, -0.2) is 40.8 Å². The van der Waals surface area contributed by atoms with E-state index in [-0.39, 0.29) is 0 Å². The van der Waals surface area contributed by atoms with Gasteiger partial charge in [-0.05, 0) is 43.9 Å². The van der Waals surface area contributed by atoms with E-state index < -0.39 is 35.7 Å². The molecule has 4 aliphatic rings. The molecule has 22 heavy (non-hydrogen) atoms. The molecule has 0 aromatic rings. The van der Waals surface area contributed by atoms with Crippen molar-refractivity contribution in [2.75, 3.05) is 6.61 Å². The lowest BCUT2D eigenvalue weighted by Crippen LogP contribution is -2.60. The molecular formula is C15H20F2O5. The molecule has 2 atom stereocenters. The normalized spacial score (nSPS) is 39.6. The van der Waals surface area contributed by atoms with Gasteiger partial charge in [-0.15, -0.1) is 0 Å². The number of hydrogen-bond donors (Lipinski definition) is 1. The van der Waals surface area contributed by atoms with E-state index in [0.717, 1.165) is 19.3 Å². The zero-order chi connectivity index (χ0) is 16.2. The Morgan fingerprint density at radius 3 is 2.32 bits per heavy atom. The monoisotopic (exact) mass is 318 g/mol. The van der Waals surface area contributed by atoms with Gasteiger partial charge < -0.3 is 14.6 Å². The average Bonchev–Trinajstić information content (AvgIpc) is 2.30. The highest BCUT2D eigenvalue weighted by atomic mass is 19.3. The molecule has 0 aliphatic heterocycles. The minimum Gasteiger partial charge on any atom is -0.456 e. The van der Waals surface area contributed by atoms with Crippen LogP contribution in [0.3, 0.4) is 0 Å². The summed E-state index contributed by atoms with van der Waals surface area (Å²) in [5.74, 6) is -5.53. The van der Waals surface area contributed by atoms with Gasteiger partial charge in [0.15, 0.2) is 6.61 Å². The first kappa shape index (κ1) is 15.6. The SMILES string of the molecule is CC(F)(F)C(=O)OCC(=O)OC12CC3CC(CC(O)(C3)C1)C2. The van der Waals surface area contributed by atoms with Gasteiger partial charge in [0, 0.05) is 13.3 Å². The first-order valence-corrected chi connectivity index (χ1v) is 7.59. The molecule has 0 amide bonds. The number of ether oxygens (including phenoxy) is 2. The summed E-state index contributed by atoms with van der Waals surface area (Å²) in [6.07, 6.45) is 4.28. The third-order valence-corrected chi connectivity index (χ3v) is 4.99. The second-order valence-corrected chi connectivity index (χ2v) is 7.31. The molecule has 124 valence electrons. The van der Waals surface area contributed by atoms with Crippen LogP contribution in [0.1, 0.15) is 45.4 Å². The second kappa shape index (κ2) is 4.88. The van der Waals surface area contributed by atoms with E-state index in [1.54, 1.807) is 0 Å². The fourth-order valence-electron chi connectivity index (χ4n) is 4.77. The lowest BCUT2D eigenvalue weighted by Gasteiger charge is -2.59. The van der Waals surface area contributed by atoms with Crippen LogP contribution in [0.2, 0.25) is 0 Å². The molecule has 0 spiro atoms. The van der Waals surface area contributed by atoms with Gasteiger partial charge in [-0.25, -0.2) is 9.59 Å². The average molecular weight is 318 g/mol. The Morgan fingerprint density at radius 1 is 1.23 bits per heavy atom. The fourth-order valence-corrected chi connectivity index (χ4v) is 4.77. The largest absolute Gasteiger partial charge is 0.456 e. The molecule has 4 aliphatic carbocycles. The molecule has 4 rings (SSSR count). The lowest BCUT2D eigenvalue weighted by atomic mass is 9.52. The van der Waals surface area contributed by atoms with Crippen LogP contribution < -0.4 is 0 Å². The smallest absolute Gasteiger partial charge is 0.377 e. The quantitative estimate of drug-likeness (QED) is 0.800. The maximum Gasteiger partial charge on any atom is 0.377 e. The van der Waals surface area contributed by atoms with Crippen molar-refractivity contribution < 1.29 is 33.0 Å². The van der Waals surface area contributed by atoms with Crippen molar-refractivity contribution in [1.29, 1.82) is 0 Å². The standard InChI is InChI=1S/C15H20F2O5/c1-13(16,17)12(19)21-7-11(18)22-15-5-9-2-10(6-15)4-14(20,3-9)8-15/h9-10,20H,2-8H2,1H3. The van der Waals surface area contributed by atoms with Gasteiger partial charge in [0.05, 0.1) is 5.60 Å². The number of alkyl halides is 2. The Bertz CT molecular complexity index is 485. The van der Waals surface area contributed by atoms with Crippen LogP contribution in [0.4, 0.5) is 8.78 Å². The molecule has 0 heterocycles. The van der Waals surface area contributed by atoms with Crippen molar-refractivity contribution in [3.63, 3.8) is 0 Å². The highest BCUT2D eigenvalue weighted by Crippen LogP contribution is 2.58. The Balaban J connectivity index is 1.59. The van der Waals surface area contributed by atoms with Gasteiger partial charge in [-0.3, -0.25) is 0 Å². The molecule has 4 saturated carbocycles. The fraction of sp³-hybridized carbons (Fsp3) is 0.867. The van der Waals surface area contributed by atoms with Gasteiger partial charge in [-0.1, -0.05) is 0 Å². The Labute approximate surface area is 127 Å². The van der Waals surface area contributed by atoms with Gasteiger partial charge in [0.2, 0.25) is 0 Å². The van der Waals surface area contributed by atoms with E-state index in [2.05, 4.69) is 4.74 Å². The van der Waals surface area contributed by atoms with E-state index in [1.165, 1.54) is 0 Å². The first-order chi connectivity index (χ1) is 10.1. The van der Waals surface area contributed by atoms with Crippen LogP contribution in [0.25, 0.3) is 0 Å². The van der Waals surface area contributed by atoms with Crippen molar-refractivity contribution in [2.45, 2.75) is 62.6 Å². The van der Waals surface area contributed by atoms with Gasteiger partial charge in [-0.2, -0.15) is 8.78 Å². The summed E-state index contributed by atoms with van der Waals surface area (Å²) in [4.78, 5) is 22.8. The molecule has 7 heteroatoms. The summed E-state index contributed by atoms with van der Waals surface area (Å²) in [6.45, 7) is -0.410. The van der Waals surface area contributed by atoms with Crippen molar-refractivity contribution in [2.24, 2.45) is 11.8 Å². The van der Waals surface area contributed by atoms with Crippen LogP contribution in [0, 0.1) is 11.8 Å². The molecule has 0 saturated heterocycles. The topological polar surface area (TPSA) is 72.8 Å². The third kappa shape index (κ3) is 2.95. The number of halogens is 2. The number of esters is 2. The summed E-state index contributed by atoms with van der Waals surface area (Å²) < 4.78 is 35.1. The summed E-state index contributed by atoms with van der Waals surface area (Å²) >= 11 is 0. The molecule has 2 unspecified atom stereocenters. The maximum atomic E-state index is 12.7. The zero-order valence-electron chi connectivity index (χ0n) is 12.4. The van der Waals surface area contributed by atoms with E-state index in [4.69, 9.17) is 4.74 Å². The summed E-state index contributed by atoms with van der Waals surface area (Å²) in [7, 11) is 0. The predicted octanol–water partition coefficient (Wildman–Crippen LogP) is 1.81. The number of aliphatic hydroxyl groups is 1. The van der Waals surface area contributed by atoms with Gasteiger partial charge >= 0.3 is 17.9 Å². The molecule has 0 aromatic heterocycles. The van der Waals surface area contributed by atoms with E-state index in [0.29, 0.717) is 38.0 Å². The zero-order valence-corrected chi connectivity index (χ0v) is 12.4. The first-order valence-electron chi connectivity index (χ1n) is 7.59. The Morgan fingerprint density at radius 2 is 1.82 bits per heavy atom. The number of carbonyl (C=O) groups is 2. The number of hydrogen-bond acceptors (Lipinski definition) is 5. The molecule has 5 nitrogen and oxygen atoms in total. The number of carbonyl (C=O) groups excluding carboxylic acids is 2. The van der Waals surface area contributed by atoms with Crippen LogP contribution in [-0.2, 0) is 19.1 Å². The molecule has 1 N–H and O–H groups in total. The van der Waals surface area contributed by atoms with Crippen LogP contribution >= 0.6 is 0 Å². The minimum absolute atomic E-state index is 0.335. The second-order valence-electron chi connectivity index (χ2n) is 7.31. The van der Waals surface area contributed by atoms with Gasteiger partial charge in [0.1, 0.15) is 5.60 Å². The Hall–Kier alpha value is -1.24. The summed E-state index contributed by atoms with van der Waals surface area (Å²) in [5, 5.41) is 10.5. The maximum absolute atomic E-state index is 12.7. The van der Waals surface area contributed by atoms with Crippen molar-refractivity contribution >= 4 is 11.9 Å². The lowest BCUT2D eigenvalue weighted by molar-refractivity contribution is -0.223. The number of rotatable bonds is 4. The van der Waals surface area contributed by atoms with Crippen LogP contribution in [0.5, 0.6) is 0 Å². The Kier molecular flexibility index (Phi) is 3.47. The van der Waals surface area contributed by atoms with Crippen molar-refractivity contribution in [3.05, 3.63) is 0 Å². The minimum atomic E-state index is -3.63. The van der Waals surface area contributed by atoms with Gasteiger partial charge in [0.25, 0.3) is 0 Å². The highest BCUT2D eigenvalue weighted by Gasteiger charge is 2.59. The molecule has 4 fully saturated rings. The van der Waals surface area contributed by atoms with Crippen molar-refractivity contribution in [1.82, 2.24) is 0 Å².